The third-order valence-electron chi connectivity index (χ3n) is 5.81. The van der Waals surface area contributed by atoms with Gasteiger partial charge in [-0.15, -0.1) is 0 Å². The Morgan fingerprint density at radius 1 is 1.06 bits per heavy atom. The molecule has 0 fully saturated rings. The van der Waals surface area contributed by atoms with Crippen LogP contribution in [0, 0.1) is 12.7 Å². The van der Waals surface area contributed by atoms with Crippen LogP contribution in [0.4, 0.5) is 10.1 Å². The number of carbonyl (C=O) groups is 2. The second-order valence-electron chi connectivity index (χ2n) is 8.25. The van der Waals surface area contributed by atoms with Gasteiger partial charge in [-0.1, -0.05) is 30.3 Å². The highest BCUT2D eigenvalue weighted by Gasteiger charge is 2.19. The first-order valence-corrected chi connectivity index (χ1v) is 10.9. The lowest BCUT2D eigenvalue weighted by Crippen LogP contribution is -2.19. The average molecular weight is 485 g/mol. The van der Waals surface area contributed by atoms with Crippen molar-refractivity contribution < 1.29 is 18.5 Å². The van der Waals surface area contributed by atoms with E-state index in [9.17, 15) is 18.8 Å². The third kappa shape index (κ3) is 3.94. The molecule has 180 valence electrons. The van der Waals surface area contributed by atoms with Gasteiger partial charge in [0.15, 0.2) is 11.5 Å². The number of anilines is 1. The third-order valence-corrected chi connectivity index (χ3v) is 5.81. The lowest BCUT2D eigenvalue weighted by Gasteiger charge is -2.09. The van der Waals surface area contributed by atoms with Gasteiger partial charge in [0.2, 0.25) is 0 Å². The molecule has 0 radical (unpaired) electrons. The summed E-state index contributed by atoms with van der Waals surface area (Å²) >= 11 is 0. The lowest BCUT2D eigenvalue weighted by molar-refractivity contribution is 0.0991. The maximum Gasteiger partial charge on any atom is 0.290 e. The van der Waals surface area contributed by atoms with Crippen molar-refractivity contribution in [3.63, 3.8) is 0 Å². The largest absolute Gasteiger partial charge is 0.384 e. The molecule has 0 atom stereocenters. The van der Waals surface area contributed by atoms with Crippen molar-refractivity contribution in [3.8, 4) is 22.3 Å². The molecule has 9 nitrogen and oxygen atoms in total. The lowest BCUT2D eigenvalue weighted by atomic mass is 10.0. The molecule has 0 spiro atoms. The number of halogens is 1. The molecule has 0 saturated carbocycles. The summed E-state index contributed by atoms with van der Waals surface area (Å²) < 4.78 is 22.7. The Kier molecular flexibility index (Phi) is 5.48. The van der Waals surface area contributed by atoms with E-state index < -0.39 is 17.6 Å². The number of hydrogen-bond donors (Lipinski definition) is 2. The molecule has 0 aliphatic carbocycles. The molecular formula is C26H20FN5O4. The first-order chi connectivity index (χ1) is 17.2. The Morgan fingerprint density at radius 3 is 2.44 bits per heavy atom. The number of benzene rings is 2. The van der Waals surface area contributed by atoms with E-state index >= 15 is 0 Å². The van der Waals surface area contributed by atoms with E-state index in [1.165, 1.54) is 24.5 Å². The Hall–Kier alpha value is -4.99. The number of primary amides is 1. The summed E-state index contributed by atoms with van der Waals surface area (Å²) in [4.78, 5) is 41.0. The zero-order valence-corrected chi connectivity index (χ0v) is 19.3. The minimum atomic E-state index is -0.935. The van der Waals surface area contributed by atoms with E-state index in [1.54, 1.807) is 30.6 Å². The molecule has 0 aliphatic heterocycles. The summed E-state index contributed by atoms with van der Waals surface area (Å²) in [6, 6.07) is 13.2. The van der Waals surface area contributed by atoms with E-state index in [2.05, 4.69) is 10.3 Å². The summed E-state index contributed by atoms with van der Waals surface area (Å²) in [6.07, 6.45) is 5.03. The summed E-state index contributed by atoms with van der Waals surface area (Å²) in [5.74, 6) is -2.49. The predicted octanol–water partition coefficient (Wildman–Crippen LogP) is 3.76. The van der Waals surface area contributed by atoms with Gasteiger partial charge in [0.05, 0.1) is 28.0 Å². The number of amides is 2. The fraction of sp³-hybridized carbons (Fsp3) is 0.0769. The number of carbonyl (C=O) groups excluding carboxylic acids is 2. The van der Waals surface area contributed by atoms with Crippen LogP contribution >= 0.6 is 0 Å². The van der Waals surface area contributed by atoms with Crippen molar-refractivity contribution in [2.45, 2.75) is 6.92 Å². The van der Waals surface area contributed by atoms with Crippen LogP contribution in [0.2, 0.25) is 0 Å². The number of rotatable bonds is 5. The van der Waals surface area contributed by atoms with Gasteiger partial charge in [-0.05, 0) is 36.2 Å². The van der Waals surface area contributed by atoms with Crippen molar-refractivity contribution >= 4 is 23.0 Å². The summed E-state index contributed by atoms with van der Waals surface area (Å²) in [5, 5.41) is 2.49. The van der Waals surface area contributed by atoms with Crippen LogP contribution in [0.1, 0.15) is 26.5 Å². The van der Waals surface area contributed by atoms with Gasteiger partial charge < -0.3 is 20.0 Å². The van der Waals surface area contributed by atoms with Crippen LogP contribution in [0.5, 0.6) is 0 Å². The van der Waals surface area contributed by atoms with Crippen molar-refractivity contribution in [2.24, 2.45) is 12.8 Å². The fourth-order valence-corrected chi connectivity index (χ4v) is 4.00. The molecule has 2 aromatic carbocycles. The summed E-state index contributed by atoms with van der Waals surface area (Å²) in [7, 11) is 1.54. The quantitative estimate of drug-likeness (QED) is 0.392. The molecule has 10 heteroatoms. The molecular weight excluding hydrogens is 465 g/mol. The highest BCUT2D eigenvalue weighted by Crippen LogP contribution is 2.27. The molecule has 0 aliphatic rings. The molecule has 0 unspecified atom stereocenters. The van der Waals surface area contributed by atoms with Gasteiger partial charge >= 0.3 is 0 Å². The van der Waals surface area contributed by atoms with E-state index in [0.717, 1.165) is 21.4 Å². The smallest absolute Gasteiger partial charge is 0.290 e. The topological polar surface area (TPSA) is 125 Å². The fourth-order valence-electron chi connectivity index (χ4n) is 4.00. The molecule has 36 heavy (non-hydrogen) atoms. The van der Waals surface area contributed by atoms with Crippen molar-refractivity contribution in [3.05, 3.63) is 100 Å². The predicted molar refractivity (Wildman–Crippen MR) is 131 cm³/mol. The van der Waals surface area contributed by atoms with Gasteiger partial charge in [0.1, 0.15) is 6.26 Å². The number of aromatic nitrogens is 3. The van der Waals surface area contributed by atoms with Crippen LogP contribution in [-0.2, 0) is 7.05 Å². The monoisotopic (exact) mass is 485 g/mol. The molecule has 3 aromatic heterocycles. The van der Waals surface area contributed by atoms with E-state index in [4.69, 9.17) is 10.3 Å². The number of hydrogen-bond acceptors (Lipinski definition) is 5. The van der Waals surface area contributed by atoms with E-state index in [1.807, 2.05) is 30.5 Å². The highest BCUT2D eigenvalue weighted by molar-refractivity contribution is 6.08. The van der Waals surface area contributed by atoms with Crippen molar-refractivity contribution in [2.75, 3.05) is 5.32 Å². The number of nitrogens with two attached hydrogens (primary N) is 1. The zero-order chi connectivity index (χ0) is 25.6. The van der Waals surface area contributed by atoms with Crippen LogP contribution < -0.4 is 16.6 Å². The molecule has 3 heterocycles. The SMILES string of the molecule is Cc1cn2cc(-c3ccc(-c4con(C)c4=O)cc3)cc2c(C(=O)Nc2cccc(C(N)=O)c2F)n1. The molecule has 0 bridgehead atoms. The molecule has 0 saturated heterocycles. The Morgan fingerprint density at radius 2 is 1.78 bits per heavy atom. The second-order valence-corrected chi connectivity index (χ2v) is 8.25. The average Bonchev–Trinajstić information content (AvgIpc) is 3.42. The van der Waals surface area contributed by atoms with Crippen LogP contribution in [0.25, 0.3) is 27.8 Å². The number of nitrogens with zero attached hydrogens (tertiary/aromatic N) is 3. The van der Waals surface area contributed by atoms with E-state index in [0.29, 0.717) is 16.8 Å². The first kappa shape index (κ1) is 22.8. The molecule has 3 N–H and O–H groups in total. The normalized spacial score (nSPS) is 11.1. The van der Waals surface area contributed by atoms with Crippen molar-refractivity contribution in [1.82, 2.24) is 14.1 Å². The zero-order valence-electron chi connectivity index (χ0n) is 19.3. The van der Waals surface area contributed by atoms with Gasteiger partial charge in [0.25, 0.3) is 17.4 Å². The van der Waals surface area contributed by atoms with Crippen molar-refractivity contribution in [1.29, 1.82) is 0 Å². The standard InChI is InChI=1S/C26H20FN5O4/c1-14-11-32-12-17(15-6-8-16(9-7-15)19-13-36-31(2)26(19)35)10-21(32)23(29-14)25(34)30-20-5-3-4-18(22(20)27)24(28)33/h3-13H,1-2H3,(H2,28,33)(H,30,34). The highest BCUT2D eigenvalue weighted by atomic mass is 19.1. The van der Waals surface area contributed by atoms with Gasteiger partial charge in [-0.3, -0.25) is 14.4 Å². The van der Waals surface area contributed by atoms with Crippen LogP contribution in [0.15, 0.2) is 76.5 Å². The van der Waals surface area contributed by atoms with Gasteiger partial charge in [0, 0.05) is 25.0 Å². The summed E-state index contributed by atoms with van der Waals surface area (Å²) in [5.41, 5.74) is 8.48. The first-order valence-electron chi connectivity index (χ1n) is 10.9. The Bertz CT molecular complexity index is 1710. The maximum absolute atomic E-state index is 14.6. The molecule has 5 rings (SSSR count). The minimum absolute atomic E-state index is 0.0867. The molecule has 5 aromatic rings. The second kappa shape index (κ2) is 8.66. The Balaban J connectivity index is 1.50. The van der Waals surface area contributed by atoms with Crippen LogP contribution in [0.3, 0.4) is 0 Å². The van der Waals surface area contributed by atoms with Crippen LogP contribution in [-0.4, -0.2) is 25.9 Å². The van der Waals surface area contributed by atoms with E-state index in [-0.39, 0.29) is 22.5 Å². The van der Waals surface area contributed by atoms with Gasteiger partial charge in [-0.25, -0.2) is 9.37 Å². The van der Waals surface area contributed by atoms with Gasteiger partial charge in [-0.2, -0.15) is 4.74 Å². The molecule has 2 amide bonds. The minimum Gasteiger partial charge on any atom is -0.384 e. The Labute approximate surface area is 203 Å². The number of aryl methyl sites for hydroxylation is 2. The maximum atomic E-state index is 14.6. The number of fused-ring (bicyclic) bond motifs is 1. The number of nitrogens with one attached hydrogen (secondary N) is 1. The summed E-state index contributed by atoms with van der Waals surface area (Å²) in [6.45, 7) is 1.74.